The van der Waals surface area contributed by atoms with Gasteiger partial charge in [0.15, 0.2) is 4.60 Å². The summed E-state index contributed by atoms with van der Waals surface area (Å²) in [7, 11) is 0. The molecule has 0 unspecified atom stereocenters. The standard InChI is InChI=1S/C6H2BrF2IN2O2/c7-5-4(12(13)14)3(6(8)9)2(10)1-11-5/h1,6H. The monoisotopic (exact) mass is 378 g/mol. The summed E-state index contributed by atoms with van der Waals surface area (Å²) in [6, 6.07) is 0. The average molecular weight is 379 g/mol. The van der Waals surface area contributed by atoms with Gasteiger partial charge < -0.3 is 0 Å². The van der Waals surface area contributed by atoms with Crippen molar-refractivity contribution in [2.75, 3.05) is 0 Å². The van der Waals surface area contributed by atoms with E-state index in [1.54, 1.807) is 22.6 Å². The lowest BCUT2D eigenvalue weighted by Crippen LogP contribution is -2.01. The van der Waals surface area contributed by atoms with Gasteiger partial charge in [-0.2, -0.15) is 0 Å². The zero-order valence-corrected chi connectivity index (χ0v) is 10.1. The zero-order chi connectivity index (χ0) is 10.9. The first-order valence-electron chi connectivity index (χ1n) is 3.21. The molecule has 0 saturated heterocycles. The summed E-state index contributed by atoms with van der Waals surface area (Å²) in [5, 5.41) is 10.5. The summed E-state index contributed by atoms with van der Waals surface area (Å²) < 4.78 is 24.8. The van der Waals surface area contributed by atoms with Crippen molar-refractivity contribution in [3.05, 3.63) is 30.0 Å². The summed E-state index contributed by atoms with van der Waals surface area (Å²) in [6.45, 7) is 0. The third-order valence-corrected chi connectivity index (χ3v) is 2.84. The maximum Gasteiger partial charge on any atom is 0.311 e. The van der Waals surface area contributed by atoms with Gasteiger partial charge in [0.25, 0.3) is 6.43 Å². The molecule has 0 aliphatic heterocycles. The number of hydrogen-bond acceptors (Lipinski definition) is 3. The van der Waals surface area contributed by atoms with E-state index in [1.165, 1.54) is 0 Å². The number of hydrogen-bond donors (Lipinski definition) is 0. The third kappa shape index (κ3) is 2.16. The number of nitrogens with zero attached hydrogens (tertiary/aromatic N) is 2. The molecule has 0 amide bonds. The molecule has 0 aromatic carbocycles. The van der Waals surface area contributed by atoms with Crippen molar-refractivity contribution < 1.29 is 13.7 Å². The molecule has 0 atom stereocenters. The fourth-order valence-electron chi connectivity index (χ4n) is 0.850. The number of rotatable bonds is 2. The molecule has 76 valence electrons. The largest absolute Gasteiger partial charge is 0.311 e. The molecule has 0 saturated carbocycles. The normalized spacial score (nSPS) is 10.6. The second kappa shape index (κ2) is 4.43. The Morgan fingerprint density at radius 2 is 2.21 bits per heavy atom. The van der Waals surface area contributed by atoms with Gasteiger partial charge in [-0.15, -0.1) is 0 Å². The van der Waals surface area contributed by atoms with Gasteiger partial charge in [-0.1, -0.05) is 0 Å². The molecule has 1 aromatic heterocycles. The van der Waals surface area contributed by atoms with E-state index in [9.17, 15) is 18.9 Å². The molecule has 0 aliphatic rings. The Bertz CT molecular complexity index is 388. The van der Waals surface area contributed by atoms with E-state index >= 15 is 0 Å². The first kappa shape index (κ1) is 11.7. The van der Waals surface area contributed by atoms with E-state index < -0.39 is 22.6 Å². The Labute approximate surface area is 99.1 Å². The van der Waals surface area contributed by atoms with Gasteiger partial charge in [-0.05, 0) is 38.5 Å². The predicted molar refractivity (Wildman–Crippen MR) is 56.3 cm³/mol. The number of alkyl halides is 2. The van der Waals surface area contributed by atoms with Gasteiger partial charge in [0.05, 0.1) is 4.92 Å². The molecular formula is C6H2BrF2IN2O2. The molecule has 1 aromatic rings. The summed E-state index contributed by atoms with van der Waals surface area (Å²) in [4.78, 5) is 13.2. The molecule has 0 bridgehead atoms. The molecule has 0 aliphatic carbocycles. The summed E-state index contributed by atoms with van der Waals surface area (Å²) in [5.74, 6) is 0. The van der Waals surface area contributed by atoms with Crippen LogP contribution in [0.4, 0.5) is 14.5 Å². The Kier molecular flexibility index (Phi) is 3.70. The van der Waals surface area contributed by atoms with Crippen molar-refractivity contribution in [3.63, 3.8) is 0 Å². The molecule has 0 N–H and O–H groups in total. The van der Waals surface area contributed by atoms with Crippen LogP contribution in [0.3, 0.4) is 0 Å². The van der Waals surface area contributed by atoms with E-state index in [1.807, 2.05) is 0 Å². The Hall–Kier alpha value is -0.380. The maximum absolute atomic E-state index is 12.5. The molecule has 0 spiro atoms. The lowest BCUT2D eigenvalue weighted by Gasteiger charge is -2.04. The lowest BCUT2D eigenvalue weighted by molar-refractivity contribution is -0.387. The van der Waals surface area contributed by atoms with Gasteiger partial charge in [0.1, 0.15) is 5.56 Å². The fourth-order valence-corrected chi connectivity index (χ4v) is 1.94. The van der Waals surface area contributed by atoms with Crippen molar-refractivity contribution in [3.8, 4) is 0 Å². The molecule has 1 heterocycles. The van der Waals surface area contributed by atoms with Crippen molar-refractivity contribution in [1.82, 2.24) is 4.98 Å². The molecule has 14 heavy (non-hydrogen) atoms. The van der Waals surface area contributed by atoms with E-state index in [0.29, 0.717) is 0 Å². The van der Waals surface area contributed by atoms with Crippen LogP contribution >= 0.6 is 38.5 Å². The minimum Gasteiger partial charge on any atom is -0.258 e. The predicted octanol–water partition coefficient (Wildman–Crippen LogP) is 3.29. The number of aromatic nitrogens is 1. The zero-order valence-electron chi connectivity index (χ0n) is 6.38. The average Bonchev–Trinajstić information content (AvgIpc) is 2.07. The Morgan fingerprint density at radius 3 is 2.57 bits per heavy atom. The van der Waals surface area contributed by atoms with Crippen LogP contribution in [-0.4, -0.2) is 9.91 Å². The topological polar surface area (TPSA) is 56.0 Å². The highest BCUT2D eigenvalue weighted by Crippen LogP contribution is 2.36. The van der Waals surface area contributed by atoms with Crippen LogP contribution in [0.5, 0.6) is 0 Å². The molecule has 8 heteroatoms. The number of halogens is 4. The Balaban J connectivity index is 3.50. The quantitative estimate of drug-likeness (QED) is 0.343. The van der Waals surface area contributed by atoms with E-state index in [-0.39, 0.29) is 8.17 Å². The second-order valence-electron chi connectivity index (χ2n) is 2.22. The first-order valence-corrected chi connectivity index (χ1v) is 5.08. The van der Waals surface area contributed by atoms with Crippen LogP contribution in [0.15, 0.2) is 10.8 Å². The fraction of sp³-hybridized carbons (Fsp3) is 0.167. The molecular weight excluding hydrogens is 377 g/mol. The molecule has 0 radical (unpaired) electrons. The van der Waals surface area contributed by atoms with Crippen LogP contribution in [-0.2, 0) is 0 Å². The highest BCUT2D eigenvalue weighted by Gasteiger charge is 2.28. The maximum atomic E-state index is 12.5. The van der Waals surface area contributed by atoms with E-state index in [4.69, 9.17) is 0 Å². The minimum atomic E-state index is -2.89. The van der Waals surface area contributed by atoms with Gasteiger partial charge >= 0.3 is 5.69 Å². The first-order chi connectivity index (χ1) is 6.45. The van der Waals surface area contributed by atoms with Crippen molar-refractivity contribution in [2.45, 2.75) is 6.43 Å². The van der Waals surface area contributed by atoms with Crippen LogP contribution < -0.4 is 0 Å². The van der Waals surface area contributed by atoms with Crippen LogP contribution in [0.25, 0.3) is 0 Å². The highest BCUT2D eigenvalue weighted by molar-refractivity contribution is 14.1. The smallest absolute Gasteiger partial charge is 0.258 e. The van der Waals surface area contributed by atoms with Crippen molar-refractivity contribution >= 4 is 44.2 Å². The Morgan fingerprint density at radius 1 is 1.64 bits per heavy atom. The van der Waals surface area contributed by atoms with E-state index in [2.05, 4.69) is 20.9 Å². The van der Waals surface area contributed by atoms with Crippen LogP contribution in [0.1, 0.15) is 12.0 Å². The van der Waals surface area contributed by atoms with Crippen LogP contribution in [0, 0.1) is 13.7 Å². The van der Waals surface area contributed by atoms with Gasteiger partial charge in [-0.3, -0.25) is 10.1 Å². The number of nitro groups is 1. The summed E-state index contributed by atoms with van der Waals surface area (Å²) in [5.41, 5.74) is -1.27. The molecule has 0 fully saturated rings. The SMILES string of the molecule is O=[N+]([O-])c1c(Br)ncc(I)c1C(F)F. The van der Waals surface area contributed by atoms with Gasteiger partial charge in [0.2, 0.25) is 0 Å². The molecule has 4 nitrogen and oxygen atoms in total. The molecule has 1 rings (SSSR count). The summed E-state index contributed by atoms with van der Waals surface area (Å²) in [6.07, 6.45) is -1.74. The van der Waals surface area contributed by atoms with E-state index in [0.717, 1.165) is 6.20 Å². The van der Waals surface area contributed by atoms with Crippen molar-refractivity contribution in [2.24, 2.45) is 0 Å². The third-order valence-electron chi connectivity index (χ3n) is 1.40. The highest BCUT2D eigenvalue weighted by atomic mass is 127. The minimum absolute atomic E-state index is 0.0764. The van der Waals surface area contributed by atoms with Crippen LogP contribution in [0.2, 0.25) is 0 Å². The van der Waals surface area contributed by atoms with Gasteiger partial charge in [-0.25, -0.2) is 13.8 Å². The van der Waals surface area contributed by atoms with Crippen molar-refractivity contribution in [1.29, 1.82) is 0 Å². The second-order valence-corrected chi connectivity index (χ2v) is 4.13. The summed E-state index contributed by atoms with van der Waals surface area (Å²) >= 11 is 4.34. The van der Waals surface area contributed by atoms with Gasteiger partial charge in [0, 0.05) is 9.77 Å². The number of pyridine rings is 1. The lowest BCUT2D eigenvalue weighted by atomic mass is 10.2.